The van der Waals surface area contributed by atoms with Crippen molar-refractivity contribution in [3.8, 4) is 5.75 Å². The lowest BCUT2D eigenvalue weighted by Crippen LogP contribution is -2.01. The normalized spacial score (nSPS) is 13.0. The van der Waals surface area contributed by atoms with Crippen molar-refractivity contribution in [2.75, 3.05) is 6.61 Å². The van der Waals surface area contributed by atoms with Crippen molar-refractivity contribution < 1.29 is 4.74 Å². The summed E-state index contributed by atoms with van der Waals surface area (Å²) in [6.45, 7) is 8.93. The molecule has 1 aromatic carbocycles. The first-order valence-corrected chi connectivity index (χ1v) is 6.51. The summed E-state index contributed by atoms with van der Waals surface area (Å²) in [5, 5.41) is 0.816. The van der Waals surface area contributed by atoms with Gasteiger partial charge in [0.15, 0.2) is 0 Å². The molecule has 2 heteroatoms. The fourth-order valence-electron chi connectivity index (χ4n) is 1.80. The molecule has 0 aliphatic carbocycles. The molecule has 17 heavy (non-hydrogen) atoms. The predicted octanol–water partition coefficient (Wildman–Crippen LogP) is 5.12. The van der Waals surface area contributed by atoms with Gasteiger partial charge in [-0.2, -0.15) is 0 Å². The molecule has 0 aliphatic rings. The molecule has 0 amide bonds. The number of halogens is 1. The molecule has 0 aromatic heterocycles. The minimum absolute atomic E-state index is 0.422. The van der Waals surface area contributed by atoms with Crippen molar-refractivity contribution in [3.63, 3.8) is 0 Å². The second-order valence-electron chi connectivity index (χ2n) is 4.28. The molecular weight excluding hydrogens is 232 g/mol. The van der Waals surface area contributed by atoms with E-state index in [0.29, 0.717) is 12.5 Å². The highest BCUT2D eigenvalue weighted by atomic mass is 35.5. The molecule has 94 valence electrons. The summed E-state index contributed by atoms with van der Waals surface area (Å²) < 4.78 is 5.69. The third-order valence-electron chi connectivity index (χ3n) is 2.85. The van der Waals surface area contributed by atoms with Gasteiger partial charge in [0.2, 0.25) is 0 Å². The Balaban J connectivity index is 3.06. The second kappa shape index (κ2) is 6.70. The van der Waals surface area contributed by atoms with Crippen LogP contribution in [0.25, 0.3) is 0 Å². The molecule has 0 saturated carbocycles. The van der Waals surface area contributed by atoms with E-state index >= 15 is 0 Å². The molecule has 1 unspecified atom stereocenters. The molecule has 1 atom stereocenters. The molecule has 0 saturated heterocycles. The van der Waals surface area contributed by atoms with Crippen molar-refractivity contribution in [2.45, 2.75) is 40.0 Å². The maximum atomic E-state index is 6.19. The van der Waals surface area contributed by atoms with Gasteiger partial charge in [-0.05, 0) is 56.4 Å². The fourth-order valence-corrected chi connectivity index (χ4v) is 1.98. The molecule has 0 N–H and O–H groups in total. The lowest BCUT2D eigenvalue weighted by Gasteiger charge is -2.17. The summed E-state index contributed by atoms with van der Waals surface area (Å²) in [5.41, 5.74) is 2.26. The van der Waals surface area contributed by atoms with E-state index < -0.39 is 0 Å². The molecule has 0 fully saturated rings. The van der Waals surface area contributed by atoms with Crippen molar-refractivity contribution in [1.29, 1.82) is 0 Å². The van der Waals surface area contributed by atoms with Crippen LogP contribution in [0.2, 0.25) is 5.02 Å². The van der Waals surface area contributed by atoms with Gasteiger partial charge in [0.05, 0.1) is 6.61 Å². The Morgan fingerprint density at radius 3 is 2.71 bits per heavy atom. The van der Waals surface area contributed by atoms with Crippen LogP contribution in [-0.2, 0) is 0 Å². The Labute approximate surface area is 109 Å². The zero-order valence-corrected chi connectivity index (χ0v) is 11.8. The number of ether oxygens (including phenoxy) is 1. The number of rotatable bonds is 5. The largest absolute Gasteiger partial charge is 0.494 e. The molecular formula is C15H21ClO. The topological polar surface area (TPSA) is 9.23 Å². The van der Waals surface area contributed by atoms with Crippen LogP contribution in [-0.4, -0.2) is 6.61 Å². The Hall–Kier alpha value is -0.950. The number of allylic oxidation sites excluding steroid dienone is 2. The molecule has 0 spiro atoms. The highest BCUT2D eigenvalue weighted by Crippen LogP contribution is 2.33. The second-order valence-corrected chi connectivity index (χ2v) is 4.69. The van der Waals surface area contributed by atoms with Crippen LogP contribution in [0, 0.1) is 6.92 Å². The smallest absolute Gasteiger partial charge is 0.123 e. The summed E-state index contributed by atoms with van der Waals surface area (Å²) in [5.74, 6) is 1.39. The van der Waals surface area contributed by atoms with Crippen LogP contribution < -0.4 is 4.74 Å². The highest BCUT2D eigenvalue weighted by Gasteiger charge is 2.13. The summed E-state index contributed by atoms with van der Waals surface area (Å²) in [4.78, 5) is 0. The van der Waals surface area contributed by atoms with E-state index in [1.54, 1.807) is 0 Å². The minimum Gasteiger partial charge on any atom is -0.494 e. The van der Waals surface area contributed by atoms with Crippen molar-refractivity contribution in [3.05, 3.63) is 40.4 Å². The molecule has 1 aromatic rings. The maximum absolute atomic E-state index is 6.19. The zero-order valence-electron chi connectivity index (χ0n) is 11.1. The van der Waals surface area contributed by atoms with Gasteiger partial charge in [0.25, 0.3) is 0 Å². The summed E-state index contributed by atoms with van der Waals surface area (Å²) in [6, 6.07) is 4.07. The minimum atomic E-state index is 0.422. The van der Waals surface area contributed by atoms with Gasteiger partial charge in [-0.15, -0.1) is 0 Å². The molecule has 1 nitrogen and oxygen atoms in total. The van der Waals surface area contributed by atoms with E-state index in [9.17, 15) is 0 Å². The van der Waals surface area contributed by atoms with Gasteiger partial charge in [0.1, 0.15) is 5.75 Å². The molecule has 0 radical (unpaired) electrons. The standard InChI is InChI=1S/C15H21ClO/c1-5-7-8-11(3)13-10-14(16)12(4)9-15(13)17-6-2/h5,7,9-11H,6,8H2,1-4H3/b7-5-. The predicted molar refractivity (Wildman–Crippen MR) is 75.2 cm³/mol. The quantitative estimate of drug-likeness (QED) is 0.661. The van der Waals surface area contributed by atoms with Gasteiger partial charge in [-0.3, -0.25) is 0 Å². The van der Waals surface area contributed by atoms with Crippen LogP contribution >= 0.6 is 11.6 Å². The van der Waals surface area contributed by atoms with E-state index in [1.807, 2.05) is 32.9 Å². The van der Waals surface area contributed by atoms with Crippen LogP contribution in [0.5, 0.6) is 5.75 Å². The maximum Gasteiger partial charge on any atom is 0.123 e. The monoisotopic (exact) mass is 252 g/mol. The Bertz CT molecular complexity index is 396. The van der Waals surface area contributed by atoms with E-state index in [1.165, 1.54) is 5.56 Å². The zero-order chi connectivity index (χ0) is 12.8. The third kappa shape index (κ3) is 3.78. The van der Waals surface area contributed by atoms with Crippen LogP contribution in [0.1, 0.15) is 44.2 Å². The van der Waals surface area contributed by atoms with Crippen LogP contribution in [0.3, 0.4) is 0 Å². The van der Waals surface area contributed by atoms with Crippen molar-refractivity contribution >= 4 is 11.6 Å². The van der Waals surface area contributed by atoms with Crippen molar-refractivity contribution in [1.82, 2.24) is 0 Å². The summed E-state index contributed by atoms with van der Waals surface area (Å²) >= 11 is 6.19. The van der Waals surface area contributed by atoms with E-state index in [2.05, 4.69) is 19.1 Å². The molecule has 0 aliphatic heterocycles. The van der Waals surface area contributed by atoms with Gasteiger partial charge in [0, 0.05) is 5.02 Å². The van der Waals surface area contributed by atoms with E-state index in [0.717, 1.165) is 22.8 Å². The summed E-state index contributed by atoms with van der Waals surface area (Å²) in [6.07, 6.45) is 5.26. The first kappa shape index (κ1) is 14.1. The first-order chi connectivity index (χ1) is 8.10. The SMILES string of the molecule is C/C=C\CC(C)c1cc(Cl)c(C)cc1OCC. The molecule has 0 bridgehead atoms. The third-order valence-corrected chi connectivity index (χ3v) is 3.25. The van der Waals surface area contributed by atoms with Gasteiger partial charge < -0.3 is 4.74 Å². The molecule has 0 heterocycles. The lowest BCUT2D eigenvalue weighted by molar-refractivity contribution is 0.334. The van der Waals surface area contributed by atoms with Crippen LogP contribution in [0.4, 0.5) is 0 Å². The molecule has 1 rings (SSSR count). The number of hydrogen-bond acceptors (Lipinski definition) is 1. The number of aryl methyl sites for hydroxylation is 1. The first-order valence-electron chi connectivity index (χ1n) is 6.14. The Morgan fingerprint density at radius 1 is 1.41 bits per heavy atom. The van der Waals surface area contributed by atoms with Gasteiger partial charge in [-0.25, -0.2) is 0 Å². The van der Waals surface area contributed by atoms with Gasteiger partial charge in [-0.1, -0.05) is 30.7 Å². The average Bonchev–Trinajstić information content (AvgIpc) is 2.30. The highest BCUT2D eigenvalue weighted by molar-refractivity contribution is 6.31. The number of hydrogen-bond donors (Lipinski definition) is 0. The average molecular weight is 253 g/mol. The fraction of sp³-hybridized carbons (Fsp3) is 0.467. The van der Waals surface area contributed by atoms with E-state index in [-0.39, 0.29) is 0 Å². The van der Waals surface area contributed by atoms with Crippen molar-refractivity contribution in [2.24, 2.45) is 0 Å². The lowest BCUT2D eigenvalue weighted by atomic mass is 9.95. The Kier molecular flexibility index (Phi) is 5.57. The van der Waals surface area contributed by atoms with E-state index in [4.69, 9.17) is 16.3 Å². The Morgan fingerprint density at radius 2 is 2.12 bits per heavy atom. The van der Waals surface area contributed by atoms with Gasteiger partial charge >= 0.3 is 0 Å². The summed E-state index contributed by atoms with van der Waals surface area (Å²) in [7, 11) is 0. The number of benzene rings is 1. The van der Waals surface area contributed by atoms with Crippen LogP contribution in [0.15, 0.2) is 24.3 Å².